The van der Waals surface area contributed by atoms with Crippen LogP contribution in [0.25, 0.3) is 10.2 Å². The van der Waals surface area contributed by atoms with E-state index in [4.69, 9.17) is 9.47 Å². The van der Waals surface area contributed by atoms with Crippen molar-refractivity contribution in [1.82, 2.24) is 4.98 Å². The number of amides is 1. The number of carbonyl (C=O) groups is 1. The molecule has 0 spiro atoms. The van der Waals surface area contributed by atoms with Crippen molar-refractivity contribution in [3.63, 3.8) is 0 Å². The van der Waals surface area contributed by atoms with Crippen LogP contribution >= 0.6 is 11.3 Å². The van der Waals surface area contributed by atoms with Gasteiger partial charge in [0, 0.05) is 18.2 Å². The van der Waals surface area contributed by atoms with Crippen molar-refractivity contribution in [2.75, 3.05) is 19.0 Å². The van der Waals surface area contributed by atoms with E-state index in [1.54, 1.807) is 0 Å². The minimum atomic E-state index is -0.544. The molecule has 1 amide bonds. The molecule has 0 aliphatic heterocycles. The minimum Gasteiger partial charge on any atom is -0.494 e. The number of aromatic nitrogens is 1. The van der Waals surface area contributed by atoms with Gasteiger partial charge in [-0.2, -0.15) is 0 Å². The van der Waals surface area contributed by atoms with Crippen molar-refractivity contribution in [3.05, 3.63) is 56.6 Å². The lowest BCUT2D eigenvalue weighted by Crippen LogP contribution is -2.19. The second-order valence-corrected chi connectivity index (χ2v) is 6.39. The number of thiazole rings is 1. The Hall–Kier alpha value is -3.80. The second-order valence-electron chi connectivity index (χ2n) is 5.36. The second kappa shape index (κ2) is 7.84. The number of non-ortho nitro benzene ring substituents is 2. The van der Waals surface area contributed by atoms with E-state index in [-0.39, 0.29) is 28.9 Å². The van der Waals surface area contributed by atoms with Crippen LogP contribution in [-0.2, 0) is 4.79 Å². The Morgan fingerprint density at radius 3 is 2.43 bits per heavy atom. The van der Waals surface area contributed by atoms with Crippen LogP contribution in [0.2, 0.25) is 0 Å². The van der Waals surface area contributed by atoms with E-state index in [2.05, 4.69) is 10.3 Å². The smallest absolute Gasteiger partial charge is 0.274 e. The third kappa shape index (κ3) is 4.12. The lowest BCUT2D eigenvalue weighted by molar-refractivity contribution is -0.385. The van der Waals surface area contributed by atoms with Gasteiger partial charge < -0.3 is 9.47 Å². The standard InChI is InChI=1S/C16H12N4O7S/c1-26-12-6-10(20(24)25)7-13-15(12)18-16(28-13)17-14(21)8-27-11-4-2-9(3-5-11)19(22)23/h2-7H,8H2,1H3,(H,17,18,21). The number of nitrogens with one attached hydrogen (secondary N) is 1. The molecule has 1 N–H and O–H groups in total. The number of hydrogen-bond acceptors (Lipinski definition) is 9. The molecular weight excluding hydrogens is 392 g/mol. The first-order chi connectivity index (χ1) is 13.4. The van der Waals surface area contributed by atoms with Crippen LogP contribution < -0.4 is 14.8 Å². The summed E-state index contributed by atoms with van der Waals surface area (Å²) in [6.07, 6.45) is 0. The molecule has 1 heterocycles. The molecule has 1 aromatic heterocycles. The van der Waals surface area contributed by atoms with Crippen molar-refractivity contribution in [3.8, 4) is 11.5 Å². The summed E-state index contributed by atoms with van der Waals surface area (Å²) in [7, 11) is 1.37. The first-order valence-electron chi connectivity index (χ1n) is 7.67. The van der Waals surface area contributed by atoms with Gasteiger partial charge in [0.1, 0.15) is 11.3 Å². The molecule has 0 saturated carbocycles. The summed E-state index contributed by atoms with van der Waals surface area (Å²) >= 11 is 1.06. The van der Waals surface area contributed by atoms with Gasteiger partial charge in [0.15, 0.2) is 17.5 Å². The fraction of sp³-hybridized carbons (Fsp3) is 0.125. The molecule has 3 aromatic rings. The quantitative estimate of drug-likeness (QED) is 0.466. The van der Waals surface area contributed by atoms with E-state index in [0.717, 1.165) is 11.3 Å². The van der Waals surface area contributed by atoms with Crippen LogP contribution in [0.4, 0.5) is 16.5 Å². The summed E-state index contributed by atoms with van der Waals surface area (Å²) in [6.45, 7) is -0.342. The van der Waals surface area contributed by atoms with Gasteiger partial charge in [0.25, 0.3) is 17.3 Å². The molecule has 3 rings (SSSR count). The van der Waals surface area contributed by atoms with Crippen LogP contribution in [-0.4, -0.2) is 34.5 Å². The van der Waals surface area contributed by atoms with Gasteiger partial charge in [-0.15, -0.1) is 0 Å². The van der Waals surface area contributed by atoms with Gasteiger partial charge in [-0.1, -0.05) is 11.3 Å². The van der Waals surface area contributed by atoms with Crippen LogP contribution in [0.15, 0.2) is 36.4 Å². The third-order valence-electron chi connectivity index (χ3n) is 3.54. The van der Waals surface area contributed by atoms with Crippen molar-refractivity contribution < 1.29 is 24.1 Å². The predicted molar refractivity (Wildman–Crippen MR) is 100 cm³/mol. The number of nitrogens with zero attached hydrogens (tertiary/aromatic N) is 3. The zero-order chi connectivity index (χ0) is 20.3. The number of anilines is 1. The Morgan fingerprint density at radius 2 is 1.82 bits per heavy atom. The highest BCUT2D eigenvalue weighted by Gasteiger charge is 2.17. The van der Waals surface area contributed by atoms with Gasteiger partial charge in [-0.05, 0) is 12.1 Å². The molecule has 144 valence electrons. The van der Waals surface area contributed by atoms with Crippen LogP contribution in [0.1, 0.15) is 0 Å². The maximum absolute atomic E-state index is 12.1. The Morgan fingerprint density at radius 1 is 1.14 bits per heavy atom. The number of nitro groups is 2. The number of carbonyl (C=O) groups excluding carboxylic acids is 1. The normalized spacial score (nSPS) is 10.5. The van der Waals surface area contributed by atoms with Gasteiger partial charge in [0.05, 0.1) is 27.7 Å². The Bertz CT molecular complexity index is 1060. The van der Waals surface area contributed by atoms with E-state index in [1.807, 2.05) is 0 Å². The number of benzene rings is 2. The number of nitro benzene ring substituents is 2. The average Bonchev–Trinajstić information content (AvgIpc) is 3.08. The van der Waals surface area contributed by atoms with Gasteiger partial charge >= 0.3 is 0 Å². The minimum absolute atomic E-state index is 0.0886. The SMILES string of the molecule is COc1cc([N+](=O)[O-])cc2sc(NC(=O)COc3ccc([N+](=O)[O-])cc3)nc12. The highest BCUT2D eigenvalue weighted by atomic mass is 32.1. The van der Waals surface area contributed by atoms with Crippen molar-refractivity contribution in [2.45, 2.75) is 0 Å². The summed E-state index contributed by atoms with van der Waals surface area (Å²) in [4.78, 5) is 36.8. The van der Waals surface area contributed by atoms with E-state index in [1.165, 1.54) is 43.5 Å². The molecule has 0 bridgehead atoms. The molecule has 0 atom stereocenters. The van der Waals surface area contributed by atoms with Crippen LogP contribution in [0.5, 0.6) is 11.5 Å². The highest BCUT2D eigenvalue weighted by molar-refractivity contribution is 7.22. The molecule has 0 aliphatic rings. The van der Waals surface area contributed by atoms with E-state index in [9.17, 15) is 25.0 Å². The first kappa shape index (κ1) is 19.0. The van der Waals surface area contributed by atoms with Gasteiger partial charge in [-0.3, -0.25) is 30.3 Å². The van der Waals surface area contributed by atoms with E-state index < -0.39 is 15.8 Å². The largest absolute Gasteiger partial charge is 0.494 e. The Kier molecular flexibility index (Phi) is 5.31. The number of fused-ring (bicyclic) bond motifs is 1. The lowest BCUT2D eigenvalue weighted by atomic mass is 10.3. The number of hydrogen-bond donors (Lipinski definition) is 1. The van der Waals surface area contributed by atoms with E-state index in [0.29, 0.717) is 16.0 Å². The van der Waals surface area contributed by atoms with Crippen LogP contribution in [0.3, 0.4) is 0 Å². The molecule has 0 aliphatic carbocycles. The maximum Gasteiger partial charge on any atom is 0.274 e. The fourth-order valence-electron chi connectivity index (χ4n) is 2.27. The number of ether oxygens (including phenoxy) is 2. The molecule has 2 aromatic carbocycles. The molecule has 0 fully saturated rings. The maximum atomic E-state index is 12.1. The van der Waals surface area contributed by atoms with Crippen molar-refractivity contribution >= 4 is 44.0 Å². The summed E-state index contributed by atoms with van der Waals surface area (Å²) in [5.74, 6) is 0.0105. The topological polar surface area (TPSA) is 147 Å². The van der Waals surface area contributed by atoms with Crippen LogP contribution in [0, 0.1) is 20.2 Å². The summed E-state index contributed by atoms with van der Waals surface area (Å²) < 4.78 is 10.9. The Balaban J connectivity index is 1.69. The third-order valence-corrected chi connectivity index (χ3v) is 4.46. The highest BCUT2D eigenvalue weighted by Crippen LogP contribution is 2.36. The predicted octanol–water partition coefficient (Wildman–Crippen LogP) is 3.14. The Labute approximate surface area is 160 Å². The summed E-state index contributed by atoms with van der Waals surface area (Å²) in [6, 6.07) is 7.89. The molecule has 12 heteroatoms. The number of rotatable bonds is 7. The molecule has 0 saturated heterocycles. The monoisotopic (exact) mass is 404 g/mol. The van der Waals surface area contributed by atoms with Gasteiger partial charge in [0.2, 0.25) is 0 Å². The van der Waals surface area contributed by atoms with Gasteiger partial charge in [-0.25, -0.2) is 4.98 Å². The van der Waals surface area contributed by atoms with Crippen molar-refractivity contribution in [2.24, 2.45) is 0 Å². The summed E-state index contributed by atoms with van der Waals surface area (Å²) in [5, 5.41) is 24.4. The molecular formula is C16H12N4O7S. The fourth-order valence-corrected chi connectivity index (χ4v) is 3.20. The van der Waals surface area contributed by atoms with Crippen molar-refractivity contribution in [1.29, 1.82) is 0 Å². The molecule has 0 radical (unpaired) electrons. The first-order valence-corrected chi connectivity index (χ1v) is 8.49. The molecule has 11 nitrogen and oxygen atoms in total. The van der Waals surface area contributed by atoms with E-state index >= 15 is 0 Å². The zero-order valence-corrected chi connectivity index (χ0v) is 15.1. The lowest BCUT2D eigenvalue weighted by Gasteiger charge is -2.05. The molecule has 0 unspecified atom stereocenters. The average molecular weight is 404 g/mol. The zero-order valence-electron chi connectivity index (χ0n) is 14.3. The molecule has 28 heavy (non-hydrogen) atoms. The summed E-state index contributed by atoms with van der Waals surface area (Å²) in [5.41, 5.74) is 0.159. The number of methoxy groups -OCH3 is 1.